The molecule has 0 saturated carbocycles. The van der Waals surface area contributed by atoms with Gasteiger partial charge in [-0.3, -0.25) is 0 Å². The third kappa shape index (κ3) is 5.06. The summed E-state index contributed by atoms with van der Waals surface area (Å²) >= 11 is 0. The summed E-state index contributed by atoms with van der Waals surface area (Å²) in [7, 11) is -3.38. The summed E-state index contributed by atoms with van der Waals surface area (Å²) < 4.78 is 29.5. The largest absolute Gasteiger partial charge is 0.353 e. The van der Waals surface area contributed by atoms with Crippen molar-refractivity contribution in [2.45, 2.75) is 26.0 Å². The van der Waals surface area contributed by atoms with E-state index in [1.54, 1.807) is 4.31 Å². The molecule has 0 aliphatic carbocycles. The second kappa shape index (κ2) is 9.75. The van der Waals surface area contributed by atoms with Crippen LogP contribution >= 0.6 is 0 Å². The molecule has 1 aliphatic heterocycles. The highest BCUT2D eigenvalue weighted by molar-refractivity contribution is 7.88. The van der Waals surface area contributed by atoms with Crippen molar-refractivity contribution < 1.29 is 8.42 Å². The predicted octanol–water partition coefficient (Wildman–Crippen LogP) is 3.67. The van der Waals surface area contributed by atoms with Crippen molar-refractivity contribution in [3.8, 4) is 5.69 Å². The first-order chi connectivity index (χ1) is 16.9. The summed E-state index contributed by atoms with van der Waals surface area (Å²) in [6.07, 6.45) is 2.57. The molecule has 3 heterocycles. The fourth-order valence-corrected chi connectivity index (χ4v) is 5.96. The number of hydrogen-bond acceptors (Lipinski definition) is 6. The van der Waals surface area contributed by atoms with Gasteiger partial charge in [-0.15, -0.1) is 0 Å². The zero-order chi connectivity index (χ0) is 24.4. The van der Waals surface area contributed by atoms with Crippen LogP contribution in [0.3, 0.4) is 0 Å². The minimum absolute atomic E-state index is 0.0218. The van der Waals surface area contributed by atoms with Crippen LogP contribution < -0.4 is 4.90 Å². The summed E-state index contributed by atoms with van der Waals surface area (Å²) in [5.74, 6) is 2.04. The zero-order valence-corrected chi connectivity index (χ0v) is 20.9. The fraction of sp³-hybridized carbons (Fsp3) is 0.346. The maximum absolute atomic E-state index is 13.0. The first-order valence-electron chi connectivity index (χ1n) is 12.0. The van der Waals surface area contributed by atoms with Crippen molar-refractivity contribution in [3.05, 3.63) is 78.2 Å². The van der Waals surface area contributed by atoms with E-state index in [9.17, 15) is 8.42 Å². The van der Waals surface area contributed by atoms with Crippen LogP contribution in [0.25, 0.3) is 16.7 Å². The van der Waals surface area contributed by atoms with Gasteiger partial charge in [0.05, 0.1) is 23.0 Å². The highest BCUT2D eigenvalue weighted by Gasteiger charge is 2.29. The lowest BCUT2D eigenvalue weighted by Gasteiger charge is -2.35. The number of para-hydroxylation sites is 1. The zero-order valence-electron chi connectivity index (χ0n) is 20.1. The predicted molar refractivity (Wildman–Crippen MR) is 138 cm³/mol. The maximum atomic E-state index is 13.0. The minimum Gasteiger partial charge on any atom is -0.353 e. The van der Waals surface area contributed by atoms with Crippen LogP contribution in [0.4, 0.5) is 5.82 Å². The number of aromatic nitrogens is 4. The summed E-state index contributed by atoms with van der Waals surface area (Å²) in [5, 5.41) is 5.50. The molecule has 0 spiro atoms. The van der Waals surface area contributed by atoms with E-state index in [4.69, 9.17) is 9.97 Å². The van der Waals surface area contributed by atoms with Crippen molar-refractivity contribution >= 4 is 26.9 Å². The maximum Gasteiger partial charge on any atom is 0.218 e. The Bertz CT molecular complexity index is 1400. The summed E-state index contributed by atoms with van der Waals surface area (Å²) in [5.41, 5.74) is 2.52. The third-order valence-electron chi connectivity index (χ3n) is 6.17. The smallest absolute Gasteiger partial charge is 0.218 e. The Labute approximate surface area is 206 Å². The van der Waals surface area contributed by atoms with Gasteiger partial charge in [-0.2, -0.15) is 9.40 Å². The van der Waals surface area contributed by atoms with Gasteiger partial charge in [0, 0.05) is 32.6 Å². The molecule has 2 aromatic heterocycles. The van der Waals surface area contributed by atoms with E-state index in [2.05, 4.69) is 23.8 Å². The molecular formula is C26H30N6O2S. The number of sulfonamides is 1. The van der Waals surface area contributed by atoms with Gasteiger partial charge in [-0.05, 0) is 23.6 Å². The molecule has 8 nitrogen and oxygen atoms in total. The normalized spacial score (nSPS) is 15.2. The number of benzene rings is 2. The van der Waals surface area contributed by atoms with E-state index in [1.807, 2.05) is 71.5 Å². The molecule has 0 unspecified atom stereocenters. The average Bonchev–Trinajstić information content (AvgIpc) is 3.28. The lowest BCUT2D eigenvalue weighted by Crippen LogP contribution is -2.49. The Balaban J connectivity index is 1.42. The number of rotatable bonds is 7. The second-order valence-corrected chi connectivity index (χ2v) is 11.3. The van der Waals surface area contributed by atoms with E-state index in [0.29, 0.717) is 32.1 Å². The topological polar surface area (TPSA) is 84.2 Å². The van der Waals surface area contributed by atoms with Crippen molar-refractivity contribution in [1.82, 2.24) is 24.1 Å². The van der Waals surface area contributed by atoms with Crippen LogP contribution in [-0.2, 0) is 22.2 Å². The quantitative estimate of drug-likeness (QED) is 0.393. The highest BCUT2D eigenvalue weighted by atomic mass is 32.2. The average molecular weight is 491 g/mol. The van der Waals surface area contributed by atoms with Crippen LogP contribution in [0.2, 0.25) is 0 Å². The summed E-state index contributed by atoms with van der Waals surface area (Å²) in [6.45, 7) is 6.28. The Morgan fingerprint density at radius 1 is 0.886 bits per heavy atom. The number of piperazine rings is 1. The molecule has 9 heteroatoms. The van der Waals surface area contributed by atoms with Crippen LogP contribution in [0.15, 0.2) is 66.9 Å². The minimum atomic E-state index is -3.38. The molecule has 1 fully saturated rings. The number of fused-ring (bicyclic) bond motifs is 1. The van der Waals surface area contributed by atoms with Crippen LogP contribution in [-0.4, -0.2) is 58.7 Å². The van der Waals surface area contributed by atoms with Gasteiger partial charge in [0.15, 0.2) is 5.65 Å². The van der Waals surface area contributed by atoms with Gasteiger partial charge in [-0.25, -0.2) is 23.1 Å². The molecule has 2 aromatic carbocycles. The van der Waals surface area contributed by atoms with Gasteiger partial charge in [0.2, 0.25) is 10.0 Å². The molecule has 5 rings (SSSR count). The van der Waals surface area contributed by atoms with Crippen molar-refractivity contribution in [2.24, 2.45) is 5.92 Å². The SMILES string of the molecule is CC(C)Cc1nc(N2CCN(S(=O)(=O)Cc3ccccc3)CC2)c2cnn(-c3ccccc3)c2n1. The Kier molecular flexibility index (Phi) is 6.53. The van der Waals surface area contributed by atoms with Gasteiger partial charge < -0.3 is 4.90 Å². The molecule has 1 aliphatic rings. The second-order valence-electron chi connectivity index (χ2n) is 9.32. The Hall–Kier alpha value is -3.30. The third-order valence-corrected chi connectivity index (χ3v) is 8.02. The first-order valence-corrected chi connectivity index (χ1v) is 13.6. The molecule has 0 N–H and O–H groups in total. The summed E-state index contributed by atoms with van der Waals surface area (Å²) in [6, 6.07) is 19.3. The monoisotopic (exact) mass is 490 g/mol. The van der Waals surface area contributed by atoms with E-state index < -0.39 is 10.0 Å². The Morgan fingerprint density at radius 3 is 2.20 bits per heavy atom. The summed E-state index contributed by atoms with van der Waals surface area (Å²) in [4.78, 5) is 12.0. The van der Waals surface area contributed by atoms with E-state index in [0.717, 1.165) is 40.3 Å². The first kappa shape index (κ1) is 23.4. The van der Waals surface area contributed by atoms with Crippen LogP contribution in [0.1, 0.15) is 25.2 Å². The standard InChI is InChI=1S/C26H30N6O2S/c1-20(2)17-24-28-25(23-18-27-32(26(23)29-24)22-11-7-4-8-12-22)30-13-15-31(16-14-30)35(33,34)19-21-9-5-3-6-10-21/h3-12,18,20H,13-17,19H2,1-2H3. The van der Waals surface area contributed by atoms with Gasteiger partial charge >= 0.3 is 0 Å². The molecule has 182 valence electrons. The Morgan fingerprint density at radius 2 is 1.54 bits per heavy atom. The lowest BCUT2D eigenvalue weighted by atomic mass is 10.1. The van der Waals surface area contributed by atoms with Gasteiger partial charge in [0.1, 0.15) is 11.6 Å². The molecule has 35 heavy (non-hydrogen) atoms. The van der Waals surface area contributed by atoms with Gasteiger partial charge in [-0.1, -0.05) is 62.4 Å². The molecular weight excluding hydrogens is 460 g/mol. The van der Waals surface area contributed by atoms with E-state index in [-0.39, 0.29) is 5.75 Å². The fourth-order valence-electron chi connectivity index (χ4n) is 4.45. The molecule has 0 bridgehead atoms. The molecule has 0 amide bonds. The molecule has 4 aromatic rings. The van der Waals surface area contributed by atoms with E-state index >= 15 is 0 Å². The molecule has 0 radical (unpaired) electrons. The van der Waals surface area contributed by atoms with Crippen molar-refractivity contribution in [2.75, 3.05) is 31.1 Å². The molecule has 1 saturated heterocycles. The van der Waals surface area contributed by atoms with Crippen LogP contribution in [0.5, 0.6) is 0 Å². The van der Waals surface area contributed by atoms with Crippen molar-refractivity contribution in [3.63, 3.8) is 0 Å². The van der Waals surface area contributed by atoms with Crippen molar-refractivity contribution in [1.29, 1.82) is 0 Å². The number of anilines is 1. The highest BCUT2D eigenvalue weighted by Crippen LogP contribution is 2.28. The molecule has 0 atom stereocenters. The van der Waals surface area contributed by atoms with Gasteiger partial charge in [0.25, 0.3) is 0 Å². The van der Waals surface area contributed by atoms with Crippen LogP contribution in [0, 0.1) is 5.92 Å². The number of hydrogen-bond donors (Lipinski definition) is 0. The number of nitrogens with zero attached hydrogens (tertiary/aromatic N) is 6. The van der Waals surface area contributed by atoms with E-state index in [1.165, 1.54) is 0 Å². The lowest BCUT2D eigenvalue weighted by molar-refractivity contribution is 0.383.